The molecular formula is C23H32N6O5S. The molecule has 0 radical (unpaired) electrons. The molecule has 0 saturated heterocycles. The van der Waals surface area contributed by atoms with E-state index >= 15 is 0 Å². The number of nitrogens with zero attached hydrogens (tertiary/aromatic N) is 6. The molecule has 3 atom stereocenters. The molecule has 2 heterocycles. The second-order valence-corrected chi connectivity index (χ2v) is 10.9. The number of likely N-dealkylation sites (N-methyl/N-ethyl adjacent to an activating group) is 1. The third-order valence-electron chi connectivity index (χ3n) is 6.27. The highest BCUT2D eigenvalue weighted by molar-refractivity contribution is 7.89. The molecule has 3 rings (SSSR count). The highest BCUT2D eigenvalue weighted by Crippen LogP contribution is 2.22. The average Bonchev–Trinajstić information content (AvgIpc) is 3.30. The molecule has 1 N–H and O–H groups in total. The van der Waals surface area contributed by atoms with Gasteiger partial charge in [-0.1, -0.05) is 24.3 Å². The lowest BCUT2D eigenvalue weighted by Crippen LogP contribution is -2.48. The van der Waals surface area contributed by atoms with Crippen LogP contribution in [0.1, 0.15) is 37.9 Å². The highest BCUT2D eigenvalue weighted by Gasteiger charge is 2.32. The zero-order valence-electron chi connectivity index (χ0n) is 20.2. The number of hydrogen-bond acceptors (Lipinski definition) is 8. The lowest BCUT2D eigenvalue weighted by molar-refractivity contribution is -0.136. The van der Waals surface area contributed by atoms with Crippen molar-refractivity contribution in [3.05, 3.63) is 41.7 Å². The van der Waals surface area contributed by atoms with E-state index in [1.807, 2.05) is 13.0 Å². The first-order valence-corrected chi connectivity index (χ1v) is 13.0. The van der Waals surface area contributed by atoms with E-state index in [2.05, 4.69) is 10.3 Å². The number of sulfonamides is 1. The van der Waals surface area contributed by atoms with Crippen LogP contribution in [0.15, 0.2) is 35.4 Å². The maximum atomic E-state index is 13.3. The first kappa shape index (κ1) is 26.7. The Morgan fingerprint density at radius 1 is 1.37 bits per heavy atom. The number of carbonyl (C=O) groups excluding carboxylic acids is 1. The summed E-state index contributed by atoms with van der Waals surface area (Å²) >= 11 is 0. The Hall–Kier alpha value is -2.85. The van der Waals surface area contributed by atoms with Crippen molar-refractivity contribution < 1.29 is 23.1 Å². The van der Waals surface area contributed by atoms with E-state index < -0.39 is 16.1 Å². The zero-order chi connectivity index (χ0) is 25.6. The molecule has 0 bridgehead atoms. The number of amides is 1. The number of aryl methyl sites for hydroxylation is 1. The van der Waals surface area contributed by atoms with Crippen molar-refractivity contribution in [1.82, 2.24) is 24.2 Å². The van der Waals surface area contributed by atoms with E-state index in [0.29, 0.717) is 25.9 Å². The fourth-order valence-electron chi connectivity index (χ4n) is 4.05. The molecule has 0 saturated carbocycles. The van der Waals surface area contributed by atoms with Crippen molar-refractivity contribution in [3.63, 3.8) is 0 Å². The number of hydrogen-bond donors (Lipinski definition) is 1. The minimum atomic E-state index is -3.97. The van der Waals surface area contributed by atoms with Crippen LogP contribution in [0.5, 0.6) is 0 Å². The Kier molecular flexibility index (Phi) is 8.96. The third kappa shape index (κ3) is 6.24. The number of aliphatic hydroxyl groups excluding tert-OH is 1. The number of ether oxygens (including phenoxy) is 1. The van der Waals surface area contributed by atoms with Crippen LogP contribution in [-0.2, 0) is 32.7 Å². The minimum absolute atomic E-state index is 0.000362. The molecule has 35 heavy (non-hydrogen) atoms. The Bertz CT molecular complexity index is 1160. The van der Waals surface area contributed by atoms with Crippen molar-refractivity contribution in [2.75, 3.05) is 26.7 Å². The Labute approximate surface area is 205 Å². The van der Waals surface area contributed by atoms with E-state index in [1.165, 1.54) is 23.5 Å². The zero-order valence-corrected chi connectivity index (χ0v) is 21.1. The Morgan fingerprint density at radius 2 is 2.11 bits per heavy atom. The smallest absolute Gasteiger partial charge is 0.244 e. The second kappa shape index (κ2) is 11.7. The van der Waals surface area contributed by atoms with Gasteiger partial charge < -0.3 is 14.7 Å². The van der Waals surface area contributed by atoms with Crippen molar-refractivity contribution in [2.45, 2.75) is 56.9 Å². The van der Waals surface area contributed by atoms with E-state index in [0.717, 1.165) is 5.69 Å². The predicted molar refractivity (Wildman–Crippen MR) is 126 cm³/mol. The van der Waals surface area contributed by atoms with Gasteiger partial charge >= 0.3 is 0 Å². The predicted octanol–water partition coefficient (Wildman–Crippen LogP) is 0.995. The quantitative estimate of drug-likeness (QED) is 0.614. The van der Waals surface area contributed by atoms with Gasteiger partial charge in [-0.25, -0.2) is 13.1 Å². The topological polar surface area (TPSA) is 142 Å². The monoisotopic (exact) mass is 504 g/mol. The van der Waals surface area contributed by atoms with Gasteiger partial charge in [-0.05, 0) is 25.5 Å². The SMILES string of the molecule is C[C@H](CO)N1C[C@H](C)[C@H](CN(C)S(=O)(=O)c2ccccc2C#N)OCc2cnnn2CCCC1=O. The summed E-state index contributed by atoms with van der Waals surface area (Å²) in [5.74, 6) is -0.358. The lowest BCUT2D eigenvalue weighted by Gasteiger charge is -2.35. The molecule has 1 aliphatic heterocycles. The van der Waals surface area contributed by atoms with Crippen LogP contribution in [-0.4, -0.2) is 82.5 Å². The molecule has 1 amide bonds. The summed E-state index contributed by atoms with van der Waals surface area (Å²) < 4.78 is 35.6. The summed E-state index contributed by atoms with van der Waals surface area (Å²) in [5, 5.41) is 27.1. The van der Waals surface area contributed by atoms with Crippen LogP contribution >= 0.6 is 0 Å². The summed E-state index contributed by atoms with van der Waals surface area (Å²) in [6.45, 7) is 4.44. The molecule has 11 nitrogen and oxygen atoms in total. The molecule has 1 aromatic carbocycles. The first-order valence-electron chi connectivity index (χ1n) is 11.5. The Morgan fingerprint density at radius 3 is 2.83 bits per heavy atom. The standard InChI is InChI=1S/C23H32N6O5S/c1-17-13-28(18(2)15-30)23(31)9-6-10-29-20(12-25-26-29)16-34-21(17)14-27(3)35(32,33)22-8-5-4-7-19(22)11-24/h4-5,7-8,12,17-18,21,30H,6,9-10,13-16H2,1-3H3/t17-,18+,21-/m0/s1. The van der Waals surface area contributed by atoms with Gasteiger partial charge in [-0.15, -0.1) is 5.10 Å². The number of aromatic nitrogens is 3. The van der Waals surface area contributed by atoms with Crippen LogP contribution in [0, 0.1) is 17.2 Å². The number of rotatable bonds is 6. The average molecular weight is 505 g/mol. The molecule has 190 valence electrons. The highest BCUT2D eigenvalue weighted by atomic mass is 32.2. The van der Waals surface area contributed by atoms with Gasteiger partial charge in [-0.2, -0.15) is 9.57 Å². The van der Waals surface area contributed by atoms with E-state index in [1.54, 1.807) is 34.8 Å². The number of nitriles is 1. The van der Waals surface area contributed by atoms with Gasteiger partial charge in [0.25, 0.3) is 0 Å². The van der Waals surface area contributed by atoms with Crippen LogP contribution in [0.4, 0.5) is 0 Å². The normalized spacial score (nSPS) is 21.0. The summed E-state index contributed by atoms with van der Waals surface area (Å²) in [6, 6.07) is 7.60. The van der Waals surface area contributed by atoms with Gasteiger partial charge in [-0.3, -0.25) is 4.79 Å². The van der Waals surface area contributed by atoms with Crippen LogP contribution in [0.3, 0.4) is 0 Å². The fourth-order valence-corrected chi connectivity index (χ4v) is 5.37. The summed E-state index contributed by atoms with van der Waals surface area (Å²) in [5.41, 5.74) is 0.798. The Balaban J connectivity index is 1.90. The summed E-state index contributed by atoms with van der Waals surface area (Å²) in [7, 11) is -2.52. The van der Waals surface area contributed by atoms with Gasteiger partial charge in [0.1, 0.15) is 6.07 Å². The summed E-state index contributed by atoms with van der Waals surface area (Å²) in [6.07, 6.45) is 1.87. The maximum Gasteiger partial charge on any atom is 0.244 e. The summed E-state index contributed by atoms with van der Waals surface area (Å²) in [4.78, 5) is 14.5. The maximum absolute atomic E-state index is 13.3. The number of aliphatic hydroxyl groups is 1. The van der Waals surface area contributed by atoms with Crippen LogP contribution in [0.25, 0.3) is 0 Å². The van der Waals surface area contributed by atoms with Gasteiger partial charge in [0.05, 0.1) is 47.7 Å². The number of benzene rings is 1. The molecule has 0 spiro atoms. The number of fused-ring (bicyclic) bond motifs is 1. The van der Waals surface area contributed by atoms with E-state index in [4.69, 9.17) is 4.74 Å². The molecule has 0 fully saturated rings. The van der Waals surface area contributed by atoms with Gasteiger partial charge in [0.15, 0.2) is 0 Å². The molecule has 12 heteroatoms. The van der Waals surface area contributed by atoms with Crippen LogP contribution in [0.2, 0.25) is 0 Å². The van der Waals surface area contributed by atoms with Crippen molar-refractivity contribution in [3.8, 4) is 6.07 Å². The third-order valence-corrected chi connectivity index (χ3v) is 8.15. The van der Waals surface area contributed by atoms with Crippen molar-refractivity contribution >= 4 is 15.9 Å². The molecule has 1 aromatic heterocycles. The molecule has 0 unspecified atom stereocenters. The van der Waals surface area contributed by atoms with Crippen molar-refractivity contribution in [2.24, 2.45) is 5.92 Å². The largest absolute Gasteiger partial charge is 0.394 e. The lowest BCUT2D eigenvalue weighted by atomic mass is 10.0. The molecule has 0 aliphatic carbocycles. The number of carbonyl (C=O) groups is 1. The van der Waals surface area contributed by atoms with Crippen LogP contribution < -0.4 is 0 Å². The molecular weight excluding hydrogens is 472 g/mol. The minimum Gasteiger partial charge on any atom is -0.394 e. The van der Waals surface area contributed by atoms with Gasteiger partial charge in [0.2, 0.25) is 15.9 Å². The first-order chi connectivity index (χ1) is 16.7. The second-order valence-electron chi connectivity index (χ2n) is 8.85. The van der Waals surface area contributed by atoms with Gasteiger partial charge in [0, 0.05) is 39.0 Å². The molecule has 1 aliphatic rings. The molecule has 2 aromatic rings. The van der Waals surface area contributed by atoms with Crippen molar-refractivity contribution in [1.29, 1.82) is 5.26 Å². The fraction of sp³-hybridized carbons (Fsp3) is 0.565. The van der Waals surface area contributed by atoms with E-state index in [9.17, 15) is 23.6 Å². The van der Waals surface area contributed by atoms with E-state index in [-0.39, 0.29) is 48.1 Å².